The molecule has 0 bridgehead atoms. The molecule has 0 atom stereocenters. The van der Waals surface area contributed by atoms with Gasteiger partial charge in [-0.3, -0.25) is 4.79 Å². The second-order valence-electron chi connectivity index (χ2n) is 4.32. The molecule has 0 fully saturated rings. The molecule has 2 aromatic rings. The van der Waals surface area contributed by atoms with Crippen molar-refractivity contribution >= 4 is 11.9 Å². The molecule has 0 aliphatic heterocycles. The van der Waals surface area contributed by atoms with Crippen molar-refractivity contribution in [3.05, 3.63) is 71.5 Å². The van der Waals surface area contributed by atoms with E-state index in [9.17, 15) is 14.0 Å². The quantitative estimate of drug-likeness (QED) is 0.858. The van der Waals surface area contributed by atoms with Crippen molar-refractivity contribution in [1.29, 1.82) is 0 Å². The van der Waals surface area contributed by atoms with Gasteiger partial charge in [-0.15, -0.1) is 0 Å². The first-order valence-corrected chi connectivity index (χ1v) is 6.39. The van der Waals surface area contributed by atoms with Gasteiger partial charge in [-0.2, -0.15) is 0 Å². The van der Waals surface area contributed by atoms with Crippen molar-refractivity contribution in [2.24, 2.45) is 0 Å². The fraction of sp³-hybridized carbons (Fsp3) is 0.125. The molecule has 1 amide bonds. The number of halogens is 1. The summed E-state index contributed by atoms with van der Waals surface area (Å²) in [5.41, 5.74) is 0.750. The lowest BCUT2D eigenvalue weighted by Crippen LogP contribution is -2.28. The summed E-state index contributed by atoms with van der Waals surface area (Å²) in [6, 6.07) is 14.8. The molecule has 0 saturated heterocycles. The largest absolute Gasteiger partial charge is 0.452 e. The minimum atomic E-state index is -0.858. The number of carbonyl (C=O) groups is 2. The van der Waals surface area contributed by atoms with Crippen LogP contribution in [-0.4, -0.2) is 18.5 Å². The third kappa shape index (κ3) is 4.42. The lowest BCUT2D eigenvalue weighted by molar-refractivity contribution is -0.124. The van der Waals surface area contributed by atoms with E-state index in [0.29, 0.717) is 6.54 Å². The van der Waals surface area contributed by atoms with Gasteiger partial charge in [0.2, 0.25) is 0 Å². The van der Waals surface area contributed by atoms with Gasteiger partial charge in [0.1, 0.15) is 5.82 Å². The van der Waals surface area contributed by atoms with E-state index < -0.39 is 24.3 Å². The van der Waals surface area contributed by atoms with E-state index in [1.807, 2.05) is 30.3 Å². The van der Waals surface area contributed by atoms with Crippen LogP contribution in [0.15, 0.2) is 54.6 Å². The lowest BCUT2D eigenvalue weighted by Gasteiger charge is -2.07. The van der Waals surface area contributed by atoms with Crippen LogP contribution in [0.2, 0.25) is 0 Å². The van der Waals surface area contributed by atoms with Crippen molar-refractivity contribution in [3.8, 4) is 0 Å². The monoisotopic (exact) mass is 287 g/mol. The number of amides is 1. The van der Waals surface area contributed by atoms with Crippen molar-refractivity contribution in [2.75, 3.05) is 6.61 Å². The van der Waals surface area contributed by atoms with Crippen LogP contribution in [0.5, 0.6) is 0 Å². The summed E-state index contributed by atoms with van der Waals surface area (Å²) >= 11 is 0. The Balaban J connectivity index is 1.79. The van der Waals surface area contributed by atoms with E-state index in [1.54, 1.807) is 0 Å². The summed E-state index contributed by atoms with van der Waals surface area (Å²) in [5.74, 6) is -1.97. The Morgan fingerprint density at radius 2 is 1.67 bits per heavy atom. The Morgan fingerprint density at radius 1 is 1.00 bits per heavy atom. The van der Waals surface area contributed by atoms with Crippen molar-refractivity contribution in [1.82, 2.24) is 5.32 Å². The molecule has 0 aliphatic rings. The summed E-state index contributed by atoms with van der Waals surface area (Å²) in [5, 5.41) is 2.61. The van der Waals surface area contributed by atoms with E-state index in [1.165, 1.54) is 18.2 Å². The van der Waals surface area contributed by atoms with Crippen LogP contribution in [0.1, 0.15) is 15.9 Å². The van der Waals surface area contributed by atoms with E-state index in [4.69, 9.17) is 4.74 Å². The van der Waals surface area contributed by atoms with Crippen LogP contribution in [0, 0.1) is 5.82 Å². The van der Waals surface area contributed by atoms with Crippen LogP contribution in [0.4, 0.5) is 4.39 Å². The molecule has 0 aromatic heterocycles. The third-order valence-electron chi connectivity index (χ3n) is 2.76. The minimum absolute atomic E-state index is 0.187. The van der Waals surface area contributed by atoms with Crippen molar-refractivity contribution in [2.45, 2.75) is 6.54 Å². The molecule has 0 unspecified atom stereocenters. The average Bonchev–Trinajstić information content (AvgIpc) is 2.52. The molecule has 0 aliphatic carbocycles. The molecule has 108 valence electrons. The molecular weight excluding hydrogens is 273 g/mol. The van der Waals surface area contributed by atoms with Crippen LogP contribution >= 0.6 is 0 Å². The SMILES string of the molecule is O=C(COC(=O)c1ccccc1F)NCc1ccccc1. The van der Waals surface area contributed by atoms with Crippen LogP contribution in [0.3, 0.4) is 0 Å². The fourth-order valence-corrected chi connectivity index (χ4v) is 1.68. The third-order valence-corrected chi connectivity index (χ3v) is 2.76. The van der Waals surface area contributed by atoms with Gasteiger partial charge in [0.15, 0.2) is 6.61 Å². The minimum Gasteiger partial charge on any atom is -0.452 e. The number of benzene rings is 2. The number of ether oxygens (including phenoxy) is 1. The molecule has 0 spiro atoms. The molecule has 21 heavy (non-hydrogen) atoms. The standard InChI is InChI=1S/C16H14FNO3/c17-14-9-5-4-8-13(14)16(20)21-11-15(19)18-10-12-6-2-1-3-7-12/h1-9H,10-11H2,(H,18,19). The van der Waals surface area contributed by atoms with Gasteiger partial charge in [-0.25, -0.2) is 9.18 Å². The molecule has 0 heterocycles. The van der Waals surface area contributed by atoms with Crippen LogP contribution in [0.25, 0.3) is 0 Å². The fourth-order valence-electron chi connectivity index (χ4n) is 1.68. The maximum absolute atomic E-state index is 13.3. The van der Waals surface area contributed by atoms with Crippen molar-refractivity contribution in [3.63, 3.8) is 0 Å². The molecule has 1 N–H and O–H groups in total. The first-order valence-electron chi connectivity index (χ1n) is 6.39. The Bertz CT molecular complexity index is 628. The van der Waals surface area contributed by atoms with E-state index >= 15 is 0 Å². The summed E-state index contributed by atoms with van der Waals surface area (Å²) in [6.07, 6.45) is 0. The van der Waals surface area contributed by atoms with Gasteiger partial charge in [-0.1, -0.05) is 42.5 Å². The zero-order valence-electron chi connectivity index (χ0n) is 11.2. The maximum Gasteiger partial charge on any atom is 0.341 e. The first kappa shape index (κ1) is 14.7. The average molecular weight is 287 g/mol. The topological polar surface area (TPSA) is 55.4 Å². The molecular formula is C16H14FNO3. The van der Waals surface area contributed by atoms with Gasteiger partial charge in [0.05, 0.1) is 5.56 Å². The van der Waals surface area contributed by atoms with Gasteiger partial charge in [0.25, 0.3) is 5.91 Å². The Hall–Kier alpha value is -2.69. The van der Waals surface area contributed by atoms with Crippen LogP contribution < -0.4 is 5.32 Å². The number of hydrogen-bond donors (Lipinski definition) is 1. The van der Waals surface area contributed by atoms with E-state index in [2.05, 4.69) is 5.32 Å². The Kier molecular flexibility index (Phi) is 5.04. The number of hydrogen-bond acceptors (Lipinski definition) is 3. The number of rotatable bonds is 5. The summed E-state index contributed by atoms with van der Waals surface area (Å²) in [6.45, 7) is -0.100. The van der Waals surface area contributed by atoms with Crippen LogP contribution in [-0.2, 0) is 16.1 Å². The second-order valence-corrected chi connectivity index (χ2v) is 4.32. The number of nitrogens with one attached hydrogen (secondary N) is 1. The molecule has 5 heteroatoms. The maximum atomic E-state index is 13.3. The first-order chi connectivity index (χ1) is 10.2. The van der Waals surface area contributed by atoms with Gasteiger partial charge >= 0.3 is 5.97 Å². The Morgan fingerprint density at radius 3 is 2.38 bits per heavy atom. The molecule has 2 rings (SSSR count). The molecule has 0 radical (unpaired) electrons. The van der Waals surface area contributed by atoms with E-state index in [-0.39, 0.29) is 5.56 Å². The summed E-state index contributed by atoms with van der Waals surface area (Å²) < 4.78 is 18.1. The second kappa shape index (κ2) is 7.19. The van der Waals surface area contributed by atoms with Gasteiger partial charge < -0.3 is 10.1 Å². The normalized spacial score (nSPS) is 9.95. The highest BCUT2D eigenvalue weighted by molar-refractivity contribution is 5.91. The molecule has 4 nitrogen and oxygen atoms in total. The smallest absolute Gasteiger partial charge is 0.341 e. The summed E-state index contributed by atoms with van der Waals surface area (Å²) in [7, 11) is 0. The highest BCUT2D eigenvalue weighted by Gasteiger charge is 2.13. The molecule has 0 saturated carbocycles. The van der Waals surface area contributed by atoms with Gasteiger partial charge in [0, 0.05) is 6.54 Å². The van der Waals surface area contributed by atoms with Gasteiger partial charge in [-0.05, 0) is 17.7 Å². The molecule has 2 aromatic carbocycles. The number of esters is 1. The zero-order valence-corrected chi connectivity index (χ0v) is 11.2. The highest BCUT2D eigenvalue weighted by Crippen LogP contribution is 2.07. The lowest BCUT2D eigenvalue weighted by atomic mass is 10.2. The Labute approximate surface area is 121 Å². The predicted molar refractivity (Wildman–Crippen MR) is 75.0 cm³/mol. The predicted octanol–water partition coefficient (Wildman–Crippen LogP) is 2.30. The highest BCUT2D eigenvalue weighted by atomic mass is 19.1. The van der Waals surface area contributed by atoms with Crippen molar-refractivity contribution < 1.29 is 18.7 Å². The van der Waals surface area contributed by atoms with E-state index in [0.717, 1.165) is 11.6 Å². The zero-order chi connectivity index (χ0) is 15.1. The number of carbonyl (C=O) groups excluding carboxylic acids is 2. The summed E-state index contributed by atoms with van der Waals surface area (Å²) in [4.78, 5) is 23.2.